The summed E-state index contributed by atoms with van der Waals surface area (Å²) in [6.45, 7) is 5.09. The Bertz CT molecular complexity index is 1330. The Morgan fingerprint density at radius 2 is 1.86 bits per heavy atom. The zero-order chi connectivity index (χ0) is 24.7. The molecule has 0 spiro atoms. The van der Waals surface area contributed by atoms with Gasteiger partial charge in [0.05, 0.1) is 17.1 Å². The number of amides is 1. The van der Waals surface area contributed by atoms with Gasteiger partial charge in [0, 0.05) is 36.5 Å². The van der Waals surface area contributed by atoms with E-state index in [1.807, 2.05) is 54.6 Å². The zero-order valence-electron chi connectivity index (χ0n) is 20.5. The maximum atomic E-state index is 13.1. The molecule has 0 unspecified atom stereocenters. The Morgan fingerprint density at radius 1 is 0.972 bits per heavy atom. The van der Waals surface area contributed by atoms with Crippen LogP contribution in [0.5, 0.6) is 0 Å². The molecule has 3 aromatic heterocycles. The van der Waals surface area contributed by atoms with E-state index in [1.165, 1.54) is 25.6 Å². The Balaban J connectivity index is 1.32. The van der Waals surface area contributed by atoms with Gasteiger partial charge < -0.3 is 5.32 Å². The molecule has 7 nitrogen and oxygen atoms in total. The van der Waals surface area contributed by atoms with Crippen molar-refractivity contribution < 1.29 is 4.79 Å². The third-order valence-electron chi connectivity index (χ3n) is 6.60. The number of aromatic nitrogens is 4. The maximum Gasteiger partial charge on any atom is 0.256 e. The first kappa shape index (κ1) is 23.8. The van der Waals surface area contributed by atoms with Crippen molar-refractivity contribution in [3.63, 3.8) is 0 Å². The molecule has 1 fully saturated rings. The number of carbonyl (C=O) groups is 1. The lowest BCUT2D eigenvalue weighted by Crippen LogP contribution is -2.29. The molecule has 7 heteroatoms. The number of hydrogen-bond donors (Lipinski definition) is 1. The van der Waals surface area contributed by atoms with Crippen LogP contribution in [0, 0.1) is 6.92 Å². The molecular weight excluding hydrogens is 448 g/mol. The number of likely N-dealkylation sites (tertiary alicyclic amines) is 1. The van der Waals surface area contributed by atoms with E-state index in [9.17, 15) is 4.79 Å². The zero-order valence-corrected chi connectivity index (χ0v) is 20.5. The average Bonchev–Trinajstić information content (AvgIpc) is 2.91. The van der Waals surface area contributed by atoms with Crippen LogP contribution in [0.4, 0.5) is 5.82 Å². The summed E-state index contributed by atoms with van der Waals surface area (Å²) in [5.74, 6) is 0.406. The van der Waals surface area contributed by atoms with Crippen molar-refractivity contribution in [2.45, 2.75) is 39.2 Å². The number of carbonyl (C=O) groups excluding carboxylic acids is 1. The molecule has 1 N–H and O–H groups in total. The predicted octanol–water partition coefficient (Wildman–Crippen LogP) is 5.07. The third-order valence-corrected chi connectivity index (χ3v) is 6.60. The first-order chi connectivity index (χ1) is 17.7. The highest BCUT2D eigenvalue weighted by Gasteiger charge is 2.15. The number of rotatable bonds is 7. The van der Waals surface area contributed by atoms with Crippen molar-refractivity contribution >= 4 is 11.7 Å². The Kier molecular flexibility index (Phi) is 7.38. The number of nitrogens with zero attached hydrogens (tertiary/aromatic N) is 5. The van der Waals surface area contributed by atoms with Gasteiger partial charge in [-0.25, -0.2) is 15.0 Å². The quantitative estimate of drug-likeness (QED) is 0.399. The lowest BCUT2D eigenvalue weighted by Gasteiger charge is -2.26. The fourth-order valence-corrected chi connectivity index (χ4v) is 4.62. The molecule has 182 valence electrons. The molecule has 1 saturated heterocycles. The summed E-state index contributed by atoms with van der Waals surface area (Å²) in [5.41, 5.74) is 6.42. The second-order valence-corrected chi connectivity index (χ2v) is 9.22. The molecule has 1 aliphatic heterocycles. The highest BCUT2D eigenvalue weighted by Crippen LogP contribution is 2.24. The Hall–Kier alpha value is -3.97. The van der Waals surface area contributed by atoms with Crippen molar-refractivity contribution in [3.8, 4) is 11.3 Å². The molecule has 1 amide bonds. The first-order valence-corrected chi connectivity index (χ1v) is 12.5. The monoisotopic (exact) mass is 478 g/mol. The minimum atomic E-state index is -0.170. The van der Waals surface area contributed by atoms with Crippen molar-refractivity contribution in [1.29, 1.82) is 0 Å². The molecule has 5 rings (SSSR count). The number of hydrogen-bond acceptors (Lipinski definition) is 6. The van der Waals surface area contributed by atoms with E-state index in [2.05, 4.69) is 37.1 Å². The van der Waals surface area contributed by atoms with Crippen LogP contribution in [0.25, 0.3) is 11.3 Å². The fourth-order valence-electron chi connectivity index (χ4n) is 4.62. The third kappa shape index (κ3) is 5.80. The molecule has 0 radical (unpaired) electrons. The number of nitrogens with one attached hydrogen (secondary N) is 1. The molecular formula is C29H30N6O. The number of piperidine rings is 1. The van der Waals surface area contributed by atoms with Crippen LogP contribution in [0.15, 0.2) is 73.3 Å². The Morgan fingerprint density at radius 3 is 2.69 bits per heavy atom. The summed E-state index contributed by atoms with van der Waals surface area (Å²) in [6.07, 6.45) is 9.44. The van der Waals surface area contributed by atoms with Gasteiger partial charge in [-0.05, 0) is 86.4 Å². The molecule has 1 aliphatic rings. The van der Waals surface area contributed by atoms with Crippen LogP contribution < -0.4 is 5.32 Å². The van der Waals surface area contributed by atoms with Gasteiger partial charge in [0.1, 0.15) is 12.1 Å². The number of benzene rings is 1. The summed E-state index contributed by atoms with van der Waals surface area (Å²) in [4.78, 5) is 33.3. The van der Waals surface area contributed by atoms with Crippen molar-refractivity contribution in [3.05, 3.63) is 101 Å². The van der Waals surface area contributed by atoms with E-state index in [0.717, 1.165) is 53.4 Å². The summed E-state index contributed by atoms with van der Waals surface area (Å²) < 4.78 is 0. The average molecular weight is 479 g/mol. The second-order valence-electron chi connectivity index (χ2n) is 9.22. The van der Waals surface area contributed by atoms with Crippen LogP contribution in [-0.2, 0) is 13.0 Å². The van der Waals surface area contributed by atoms with Crippen LogP contribution in [0.1, 0.15) is 52.1 Å². The molecule has 0 aliphatic carbocycles. The fraction of sp³-hybridized carbons (Fsp3) is 0.276. The van der Waals surface area contributed by atoms with Crippen molar-refractivity contribution in [2.75, 3.05) is 18.4 Å². The smallest absolute Gasteiger partial charge is 0.256 e. The molecule has 1 aromatic carbocycles. The largest absolute Gasteiger partial charge is 0.307 e. The molecule has 4 heterocycles. The van der Waals surface area contributed by atoms with Gasteiger partial charge in [0.2, 0.25) is 0 Å². The SMILES string of the molecule is Cc1ccc(C(=O)Nc2cccc(CN3CCCCC3)n2)cc1Cc1ncccc1-c1ccncn1. The topological polar surface area (TPSA) is 83.9 Å². The van der Waals surface area contributed by atoms with Gasteiger partial charge in [-0.1, -0.05) is 18.6 Å². The first-order valence-electron chi connectivity index (χ1n) is 12.5. The Labute approximate surface area is 211 Å². The lowest BCUT2D eigenvalue weighted by molar-refractivity contribution is 0.102. The molecule has 0 bridgehead atoms. The summed E-state index contributed by atoms with van der Waals surface area (Å²) in [5, 5.41) is 2.98. The number of pyridine rings is 2. The van der Waals surface area contributed by atoms with Gasteiger partial charge in [-0.15, -0.1) is 0 Å². The van der Waals surface area contributed by atoms with Crippen molar-refractivity contribution in [1.82, 2.24) is 24.8 Å². The van der Waals surface area contributed by atoms with Crippen LogP contribution in [0.2, 0.25) is 0 Å². The summed E-state index contributed by atoms with van der Waals surface area (Å²) >= 11 is 0. The molecule has 36 heavy (non-hydrogen) atoms. The van der Waals surface area contributed by atoms with E-state index in [4.69, 9.17) is 0 Å². The van der Waals surface area contributed by atoms with Crippen LogP contribution in [0.3, 0.4) is 0 Å². The number of aryl methyl sites for hydroxylation is 1. The van der Waals surface area contributed by atoms with Gasteiger partial charge >= 0.3 is 0 Å². The highest BCUT2D eigenvalue weighted by atomic mass is 16.1. The van der Waals surface area contributed by atoms with Gasteiger partial charge in [-0.3, -0.25) is 14.7 Å². The van der Waals surface area contributed by atoms with Gasteiger partial charge in [-0.2, -0.15) is 0 Å². The predicted molar refractivity (Wildman–Crippen MR) is 141 cm³/mol. The standard InChI is InChI=1S/C29H30N6O/c1-21-10-11-22(17-23(21)18-27-25(8-6-13-31-27)26-12-14-30-20-32-26)29(36)34-28-9-5-7-24(33-28)19-35-15-3-2-4-16-35/h5-14,17,20H,2-4,15-16,18-19H2,1H3,(H,33,34,36). The van der Waals surface area contributed by atoms with Crippen molar-refractivity contribution in [2.24, 2.45) is 0 Å². The molecule has 0 atom stereocenters. The molecule has 0 saturated carbocycles. The molecule has 4 aromatic rings. The van der Waals surface area contributed by atoms with E-state index in [-0.39, 0.29) is 5.91 Å². The van der Waals surface area contributed by atoms with E-state index >= 15 is 0 Å². The van der Waals surface area contributed by atoms with E-state index in [1.54, 1.807) is 12.4 Å². The van der Waals surface area contributed by atoms with Gasteiger partial charge in [0.15, 0.2) is 0 Å². The highest BCUT2D eigenvalue weighted by molar-refractivity contribution is 6.03. The lowest BCUT2D eigenvalue weighted by atomic mass is 9.97. The second kappa shape index (κ2) is 11.2. The van der Waals surface area contributed by atoms with E-state index in [0.29, 0.717) is 17.8 Å². The number of anilines is 1. The summed E-state index contributed by atoms with van der Waals surface area (Å²) in [7, 11) is 0. The normalized spacial score (nSPS) is 13.9. The summed E-state index contributed by atoms with van der Waals surface area (Å²) in [6, 6.07) is 17.4. The van der Waals surface area contributed by atoms with Crippen LogP contribution >= 0.6 is 0 Å². The van der Waals surface area contributed by atoms with Crippen LogP contribution in [-0.4, -0.2) is 43.8 Å². The van der Waals surface area contributed by atoms with Gasteiger partial charge in [0.25, 0.3) is 5.91 Å². The minimum Gasteiger partial charge on any atom is -0.307 e. The minimum absolute atomic E-state index is 0.170. The maximum absolute atomic E-state index is 13.1. The van der Waals surface area contributed by atoms with E-state index < -0.39 is 0 Å².